The highest BCUT2D eigenvalue weighted by molar-refractivity contribution is 5.94. The molecule has 27 heavy (non-hydrogen) atoms. The zero-order valence-electron chi connectivity index (χ0n) is 15.4. The van der Waals surface area contributed by atoms with Crippen LogP contribution in [-0.2, 0) is 9.47 Å². The van der Waals surface area contributed by atoms with Crippen molar-refractivity contribution in [3.8, 4) is 5.69 Å². The number of amides is 1. The second kappa shape index (κ2) is 8.60. The normalized spacial score (nSPS) is 21.8. The molecule has 0 radical (unpaired) electrons. The molecule has 1 aromatic carbocycles. The van der Waals surface area contributed by atoms with E-state index in [0.717, 1.165) is 51.5 Å². The molecule has 4 rings (SSSR count). The number of aromatic nitrogens is 3. The third-order valence-corrected chi connectivity index (χ3v) is 5.01. The second-order valence-electron chi connectivity index (χ2n) is 6.93. The average molecular weight is 371 g/mol. The van der Waals surface area contributed by atoms with E-state index in [4.69, 9.17) is 9.47 Å². The van der Waals surface area contributed by atoms with Crippen molar-refractivity contribution >= 4 is 5.91 Å². The largest absolute Gasteiger partial charge is 0.379 e. The molecule has 0 aliphatic carbocycles. The van der Waals surface area contributed by atoms with E-state index in [-0.39, 0.29) is 12.0 Å². The minimum absolute atomic E-state index is 0.0376. The van der Waals surface area contributed by atoms with Gasteiger partial charge in [-0.15, -0.1) is 10.2 Å². The number of nitrogens with zero attached hydrogens (tertiary/aromatic N) is 5. The van der Waals surface area contributed by atoms with Crippen LogP contribution in [0.4, 0.5) is 0 Å². The molecule has 1 atom stereocenters. The molecule has 1 unspecified atom stereocenters. The van der Waals surface area contributed by atoms with Crippen LogP contribution in [0.1, 0.15) is 16.8 Å². The van der Waals surface area contributed by atoms with Gasteiger partial charge in [0.15, 0.2) is 0 Å². The number of rotatable bonds is 4. The molecule has 2 aliphatic rings. The Balaban J connectivity index is 1.44. The van der Waals surface area contributed by atoms with E-state index in [1.807, 2.05) is 29.2 Å². The Labute approximate surface area is 158 Å². The summed E-state index contributed by atoms with van der Waals surface area (Å²) in [4.78, 5) is 17.4. The van der Waals surface area contributed by atoms with Crippen molar-refractivity contribution in [1.29, 1.82) is 0 Å². The van der Waals surface area contributed by atoms with Gasteiger partial charge in [-0.2, -0.15) is 0 Å². The van der Waals surface area contributed by atoms with Crippen LogP contribution in [0.2, 0.25) is 0 Å². The van der Waals surface area contributed by atoms with Crippen molar-refractivity contribution in [2.24, 2.45) is 0 Å². The molecule has 8 nitrogen and oxygen atoms in total. The van der Waals surface area contributed by atoms with E-state index in [1.54, 1.807) is 17.2 Å². The Bertz CT molecular complexity index is 746. The molecule has 3 heterocycles. The molecule has 0 N–H and O–H groups in total. The molecule has 0 bridgehead atoms. The molecular weight excluding hydrogens is 346 g/mol. The number of carbonyl (C=O) groups is 1. The first-order chi connectivity index (χ1) is 13.3. The molecule has 1 aromatic heterocycles. The van der Waals surface area contributed by atoms with Crippen LogP contribution >= 0.6 is 0 Å². The van der Waals surface area contributed by atoms with E-state index in [0.29, 0.717) is 18.7 Å². The summed E-state index contributed by atoms with van der Waals surface area (Å²) in [5, 5.41) is 7.66. The van der Waals surface area contributed by atoms with Gasteiger partial charge in [0.2, 0.25) is 0 Å². The number of benzene rings is 1. The van der Waals surface area contributed by atoms with Gasteiger partial charge in [0.05, 0.1) is 19.3 Å². The van der Waals surface area contributed by atoms with Crippen LogP contribution in [0.3, 0.4) is 0 Å². The standard InChI is InChI=1S/C19H25N5O3/c25-19(16-3-1-4-17(11-16)24-14-20-21-15-24)23-5-2-8-27-18(13-23)12-22-6-9-26-10-7-22/h1,3-4,11,14-15,18H,2,5-10,12-13H2. The van der Waals surface area contributed by atoms with Crippen LogP contribution in [0.5, 0.6) is 0 Å². The van der Waals surface area contributed by atoms with Crippen molar-refractivity contribution in [2.75, 3.05) is 52.5 Å². The number of hydrogen-bond acceptors (Lipinski definition) is 6. The van der Waals surface area contributed by atoms with Gasteiger partial charge < -0.3 is 14.4 Å². The molecular formula is C19H25N5O3. The highest BCUT2D eigenvalue weighted by Crippen LogP contribution is 2.15. The lowest BCUT2D eigenvalue weighted by Gasteiger charge is -2.31. The fourth-order valence-corrected chi connectivity index (χ4v) is 3.58. The Morgan fingerprint density at radius 1 is 1.11 bits per heavy atom. The molecule has 2 aliphatic heterocycles. The summed E-state index contributed by atoms with van der Waals surface area (Å²) in [6.07, 6.45) is 4.15. The van der Waals surface area contributed by atoms with Gasteiger partial charge in [-0.25, -0.2) is 0 Å². The van der Waals surface area contributed by atoms with Crippen LogP contribution in [-0.4, -0.2) is 89.1 Å². The summed E-state index contributed by atoms with van der Waals surface area (Å²) in [6, 6.07) is 7.57. The molecule has 2 aromatic rings. The average Bonchev–Trinajstić information content (AvgIpc) is 3.16. The van der Waals surface area contributed by atoms with Crippen molar-refractivity contribution < 1.29 is 14.3 Å². The number of morpholine rings is 1. The van der Waals surface area contributed by atoms with Crippen LogP contribution in [0.25, 0.3) is 5.69 Å². The van der Waals surface area contributed by atoms with E-state index in [9.17, 15) is 4.79 Å². The summed E-state index contributed by atoms with van der Waals surface area (Å²) in [6.45, 7) is 6.26. The first-order valence-corrected chi connectivity index (χ1v) is 9.45. The molecule has 8 heteroatoms. The maximum Gasteiger partial charge on any atom is 0.254 e. The number of carbonyl (C=O) groups excluding carboxylic acids is 1. The van der Waals surface area contributed by atoms with E-state index >= 15 is 0 Å². The van der Waals surface area contributed by atoms with Gasteiger partial charge in [-0.3, -0.25) is 14.3 Å². The minimum atomic E-state index is 0.0376. The third-order valence-electron chi connectivity index (χ3n) is 5.01. The maximum absolute atomic E-state index is 13.1. The SMILES string of the molecule is O=C(c1cccc(-n2cnnc2)c1)N1CCCOC(CN2CCOCC2)C1. The van der Waals surface area contributed by atoms with Crippen molar-refractivity contribution in [1.82, 2.24) is 24.6 Å². The Morgan fingerprint density at radius 3 is 2.74 bits per heavy atom. The smallest absolute Gasteiger partial charge is 0.254 e. The lowest BCUT2D eigenvalue weighted by Crippen LogP contribution is -2.45. The van der Waals surface area contributed by atoms with Gasteiger partial charge in [-0.05, 0) is 24.6 Å². The van der Waals surface area contributed by atoms with Crippen LogP contribution in [0, 0.1) is 0 Å². The van der Waals surface area contributed by atoms with E-state index in [1.165, 1.54) is 0 Å². The van der Waals surface area contributed by atoms with Gasteiger partial charge in [0, 0.05) is 50.6 Å². The quantitative estimate of drug-likeness (QED) is 0.793. The van der Waals surface area contributed by atoms with Crippen molar-refractivity contribution in [3.05, 3.63) is 42.5 Å². The summed E-state index contributed by atoms with van der Waals surface area (Å²) >= 11 is 0. The van der Waals surface area contributed by atoms with Crippen LogP contribution in [0.15, 0.2) is 36.9 Å². The fourth-order valence-electron chi connectivity index (χ4n) is 3.58. The predicted molar refractivity (Wildman–Crippen MR) is 98.9 cm³/mol. The molecule has 0 saturated carbocycles. The zero-order valence-corrected chi connectivity index (χ0v) is 15.4. The summed E-state index contributed by atoms with van der Waals surface area (Å²) < 4.78 is 13.2. The third kappa shape index (κ3) is 4.52. The fraction of sp³-hybridized carbons (Fsp3) is 0.526. The van der Waals surface area contributed by atoms with E-state index < -0.39 is 0 Å². The summed E-state index contributed by atoms with van der Waals surface area (Å²) in [7, 11) is 0. The summed E-state index contributed by atoms with van der Waals surface area (Å²) in [5.41, 5.74) is 1.55. The Morgan fingerprint density at radius 2 is 1.93 bits per heavy atom. The topological polar surface area (TPSA) is 72.7 Å². The molecule has 2 saturated heterocycles. The van der Waals surface area contributed by atoms with Gasteiger partial charge in [0.1, 0.15) is 12.7 Å². The van der Waals surface area contributed by atoms with Gasteiger partial charge in [0.25, 0.3) is 5.91 Å². The Hall–Kier alpha value is -2.29. The zero-order chi connectivity index (χ0) is 18.5. The van der Waals surface area contributed by atoms with Gasteiger partial charge >= 0.3 is 0 Å². The predicted octanol–water partition coefficient (Wildman–Crippen LogP) is 0.831. The highest BCUT2D eigenvalue weighted by atomic mass is 16.5. The molecule has 0 spiro atoms. The van der Waals surface area contributed by atoms with Crippen LogP contribution < -0.4 is 0 Å². The maximum atomic E-state index is 13.1. The van der Waals surface area contributed by atoms with Crippen molar-refractivity contribution in [2.45, 2.75) is 12.5 Å². The van der Waals surface area contributed by atoms with E-state index in [2.05, 4.69) is 15.1 Å². The second-order valence-corrected chi connectivity index (χ2v) is 6.93. The Kier molecular flexibility index (Phi) is 5.76. The number of hydrogen-bond donors (Lipinski definition) is 0. The first-order valence-electron chi connectivity index (χ1n) is 9.45. The lowest BCUT2D eigenvalue weighted by molar-refractivity contribution is -0.0112. The molecule has 2 fully saturated rings. The highest BCUT2D eigenvalue weighted by Gasteiger charge is 2.26. The summed E-state index contributed by atoms with van der Waals surface area (Å²) in [5.74, 6) is 0.0439. The monoisotopic (exact) mass is 371 g/mol. The van der Waals surface area contributed by atoms with Crippen molar-refractivity contribution in [3.63, 3.8) is 0 Å². The minimum Gasteiger partial charge on any atom is -0.379 e. The first kappa shape index (κ1) is 18.1. The number of ether oxygens (including phenoxy) is 2. The van der Waals surface area contributed by atoms with Gasteiger partial charge in [-0.1, -0.05) is 6.07 Å². The molecule has 1 amide bonds. The lowest BCUT2D eigenvalue weighted by atomic mass is 10.1. The molecule has 144 valence electrons.